The Kier molecular flexibility index (Phi) is 5.55. The summed E-state index contributed by atoms with van der Waals surface area (Å²) in [5, 5.41) is 3.76. The van der Waals surface area contributed by atoms with Gasteiger partial charge in [0.25, 0.3) is 0 Å². The Bertz CT molecular complexity index is 414. The molecule has 2 unspecified atom stereocenters. The standard InChI is InChI=1S/C17H29N3/c1-13(2)11-15(20(3)4)12-19-16-9-5-7-14-8-6-10-18-17(14)16/h6,8,10,13,15-16,19H,5,7,9,11-12H2,1-4H3. The van der Waals surface area contributed by atoms with Crippen LogP contribution in [0.25, 0.3) is 0 Å². The number of aryl methyl sites for hydroxylation is 1. The first-order valence-electron chi connectivity index (χ1n) is 7.91. The lowest BCUT2D eigenvalue weighted by Crippen LogP contribution is -2.41. The molecule has 20 heavy (non-hydrogen) atoms. The van der Waals surface area contributed by atoms with E-state index in [4.69, 9.17) is 0 Å². The van der Waals surface area contributed by atoms with Crippen LogP contribution in [-0.4, -0.2) is 36.6 Å². The fourth-order valence-corrected chi connectivity index (χ4v) is 3.11. The monoisotopic (exact) mass is 275 g/mol. The average molecular weight is 275 g/mol. The minimum atomic E-state index is 0.439. The third kappa shape index (κ3) is 4.03. The molecule has 0 saturated heterocycles. The number of nitrogens with zero attached hydrogens (tertiary/aromatic N) is 2. The average Bonchev–Trinajstić information content (AvgIpc) is 2.42. The zero-order chi connectivity index (χ0) is 14.5. The van der Waals surface area contributed by atoms with Gasteiger partial charge >= 0.3 is 0 Å². The molecular weight excluding hydrogens is 246 g/mol. The summed E-state index contributed by atoms with van der Waals surface area (Å²) in [5.41, 5.74) is 2.71. The van der Waals surface area contributed by atoms with E-state index in [9.17, 15) is 0 Å². The summed E-state index contributed by atoms with van der Waals surface area (Å²) in [6, 6.07) is 5.33. The Hall–Kier alpha value is -0.930. The topological polar surface area (TPSA) is 28.2 Å². The number of nitrogens with one attached hydrogen (secondary N) is 1. The van der Waals surface area contributed by atoms with Gasteiger partial charge in [-0.15, -0.1) is 0 Å². The van der Waals surface area contributed by atoms with Crippen molar-refractivity contribution < 1.29 is 0 Å². The number of hydrogen-bond donors (Lipinski definition) is 1. The molecule has 1 heterocycles. The van der Waals surface area contributed by atoms with E-state index in [1.54, 1.807) is 0 Å². The Morgan fingerprint density at radius 3 is 2.90 bits per heavy atom. The number of likely N-dealkylation sites (N-methyl/N-ethyl adjacent to an activating group) is 1. The third-order valence-corrected chi connectivity index (χ3v) is 4.27. The first kappa shape index (κ1) is 15.5. The molecule has 0 aromatic carbocycles. The maximum Gasteiger partial charge on any atom is 0.0605 e. The van der Waals surface area contributed by atoms with Crippen LogP contribution in [0.1, 0.15) is 50.4 Å². The largest absolute Gasteiger partial charge is 0.307 e. The molecule has 112 valence electrons. The van der Waals surface area contributed by atoms with E-state index in [-0.39, 0.29) is 0 Å². The van der Waals surface area contributed by atoms with Gasteiger partial charge in [-0.05, 0) is 57.3 Å². The predicted octanol–water partition coefficient (Wildman–Crippen LogP) is 3.02. The van der Waals surface area contributed by atoms with Gasteiger partial charge in [0.2, 0.25) is 0 Å². The summed E-state index contributed by atoms with van der Waals surface area (Å²) in [6.07, 6.45) is 6.83. The molecule has 1 aliphatic carbocycles. The molecule has 0 amide bonds. The van der Waals surface area contributed by atoms with Gasteiger partial charge < -0.3 is 10.2 Å². The molecule has 1 N–H and O–H groups in total. The number of hydrogen-bond acceptors (Lipinski definition) is 3. The van der Waals surface area contributed by atoms with Crippen molar-refractivity contribution in [1.29, 1.82) is 0 Å². The van der Waals surface area contributed by atoms with Crippen molar-refractivity contribution in [1.82, 2.24) is 15.2 Å². The Morgan fingerprint density at radius 2 is 2.20 bits per heavy atom. The molecule has 0 fully saturated rings. The SMILES string of the molecule is CC(C)CC(CNC1CCCc2cccnc21)N(C)C. The summed E-state index contributed by atoms with van der Waals surface area (Å²) in [7, 11) is 4.36. The molecule has 3 nitrogen and oxygen atoms in total. The second-order valence-corrected chi connectivity index (χ2v) is 6.65. The van der Waals surface area contributed by atoms with Crippen molar-refractivity contribution in [2.45, 2.75) is 51.6 Å². The van der Waals surface area contributed by atoms with Gasteiger partial charge in [-0.3, -0.25) is 4.98 Å². The first-order valence-corrected chi connectivity index (χ1v) is 7.91. The smallest absolute Gasteiger partial charge is 0.0605 e. The summed E-state index contributed by atoms with van der Waals surface area (Å²) in [6.45, 7) is 5.65. The number of aromatic nitrogens is 1. The lowest BCUT2D eigenvalue weighted by Gasteiger charge is -2.30. The highest BCUT2D eigenvalue weighted by atomic mass is 15.1. The first-order chi connectivity index (χ1) is 9.58. The summed E-state index contributed by atoms with van der Waals surface area (Å²) >= 11 is 0. The highest BCUT2D eigenvalue weighted by Crippen LogP contribution is 2.27. The van der Waals surface area contributed by atoms with Gasteiger partial charge in [0.05, 0.1) is 5.69 Å². The quantitative estimate of drug-likeness (QED) is 0.865. The zero-order valence-electron chi connectivity index (χ0n) is 13.4. The van der Waals surface area contributed by atoms with Crippen molar-refractivity contribution >= 4 is 0 Å². The molecule has 2 atom stereocenters. The van der Waals surface area contributed by atoms with E-state index >= 15 is 0 Å². The van der Waals surface area contributed by atoms with E-state index in [1.165, 1.54) is 36.9 Å². The van der Waals surface area contributed by atoms with Gasteiger partial charge in [-0.2, -0.15) is 0 Å². The maximum absolute atomic E-state index is 4.61. The van der Waals surface area contributed by atoms with Crippen molar-refractivity contribution in [2.75, 3.05) is 20.6 Å². The molecule has 2 rings (SSSR count). The van der Waals surface area contributed by atoms with Crippen LogP contribution >= 0.6 is 0 Å². The molecule has 1 aromatic rings. The van der Waals surface area contributed by atoms with Gasteiger partial charge in [-0.1, -0.05) is 19.9 Å². The van der Waals surface area contributed by atoms with Crippen molar-refractivity contribution in [3.05, 3.63) is 29.6 Å². The van der Waals surface area contributed by atoms with Crippen LogP contribution in [0.2, 0.25) is 0 Å². The van der Waals surface area contributed by atoms with E-state index < -0.39 is 0 Å². The minimum absolute atomic E-state index is 0.439. The van der Waals surface area contributed by atoms with Gasteiger partial charge in [0.1, 0.15) is 0 Å². The van der Waals surface area contributed by atoms with Crippen LogP contribution in [0.15, 0.2) is 18.3 Å². The molecule has 0 bridgehead atoms. The van der Waals surface area contributed by atoms with Gasteiger partial charge in [0, 0.05) is 24.8 Å². The predicted molar refractivity (Wildman–Crippen MR) is 84.8 cm³/mol. The van der Waals surface area contributed by atoms with Crippen molar-refractivity contribution in [3.8, 4) is 0 Å². The molecular formula is C17H29N3. The van der Waals surface area contributed by atoms with Crippen LogP contribution in [0.3, 0.4) is 0 Å². The summed E-state index contributed by atoms with van der Waals surface area (Å²) in [4.78, 5) is 6.95. The van der Waals surface area contributed by atoms with Crippen LogP contribution < -0.4 is 5.32 Å². The van der Waals surface area contributed by atoms with E-state index in [1.807, 2.05) is 6.20 Å². The van der Waals surface area contributed by atoms with Crippen molar-refractivity contribution in [2.24, 2.45) is 5.92 Å². The Labute approximate surface area is 123 Å². The molecule has 3 heteroatoms. The van der Waals surface area contributed by atoms with E-state index in [2.05, 4.69) is 55.3 Å². The highest BCUT2D eigenvalue weighted by molar-refractivity contribution is 5.25. The fraction of sp³-hybridized carbons (Fsp3) is 0.706. The van der Waals surface area contributed by atoms with E-state index in [0.717, 1.165) is 12.5 Å². The highest BCUT2D eigenvalue weighted by Gasteiger charge is 2.22. The molecule has 0 saturated carbocycles. The third-order valence-electron chi connectivity index (χ3n) is 4.27. The number of rotatable bonds is 6. The summed E-state index contributed by atoms with van der Waals surface area (Å²) < 4.78 is 0. The fourth-order valence-electron chi connectivity index (χ4n) is 3.11. The lowest BCUT2D eigenvalue weighted by molar-refractivity contribution is 0.237. The van der Waals surface area contributed by atoms with Crippen LogP contribution in [0, 0.1) is 5.92 Å². The maximum atomic E-state index is 4.61. The normalized spacial score (nSPS) is 20.2. The molecule has 0 aliphatic heterocycles. The zero-order valence-corrected chi connectivity index (χ0v) is 13.4. The summed E-state index contributed by atoms with van der Waals surface area (Å²) in [5.74, 6) is 0.737. The Balaban J connectivity index is 1.97. The lowest BCUT2D eigenvalue weighted by atomic mass is 9.91. The molecule has 1 aromatic heterocycles. The molecule has 1 aliphatic rings. The number of fused-ring (bicyclic) bond motifs is 1. The van der Waals surface area contributed by atoms with Crippen LogP contribution in [0.5, 0.6) is 0 Å². The van der Waals surface area contributed by atoms with E-state index in [0.29, 0.717) is 12.1 Å². The minimum Gasteiger partial charge on any atom is -0.307 e. The number of pyridine rings is 1. The van der Waals surface area contributed by atoms with Gasteiger partial charge in [-0.25, -0.2) is 0 Å². The van der Waals surface area contributed by atoms with Gasteiger partial charge in [0.15, 0.2) is 0 Å². The van der Waals surface area contributed by atoms with Crippen LogP contribution in [-0.2, 0) is 6.42 Å². The second kappa shape index (κ2) is 7.19. The molecule has 0 spiro atoms. The van der Waals surface area contributed by atoms with Crippen LogP contribution in [0.4, 0.5) is 0 Å². The van der Waals surface area contributed by atoms with Crippen molar-refractivity contribution in [3.63, 3.8) is 0 Å². The second-order valence-electron chi connectivity index (χ2n) is 6.65. The molecule has 0 radical (unpaired) electrons. The Morgan fingerprint density at radius 1 is 1.40 bits per heavy atom.